The van der Waals surface area contributed by atoms with E-state index in [0.29, 0.717) is 6.04 Å². The van der Waals surface area contributed by atoms with Crippen molar-refractivity contribution >= 4 is 11.6 Å². The number of nitrogens with one attached hydrogen (secondary N) is 1. The summed E-state index contributed by atoms with van der Waals surface area (Å²) in [7, 11) is 0. The maximum absolute atomic E-state index is 13.6. The Morgan fingerprint density at radius 1 is 1.30 bits per heavy atom. The fourth-order valence-electron chi connectivity index (χ4n) is 2.96. The summed E-state index contributed by atoms with van der Waals surface area (Å²) in [5, 5.41) is 3.91. The van der Waals surface area contributed by atoms with Crippen LogP contribution in [0.25, 0.3) is 0 Å². The Kier molecular flexibility index (Phi) is 4.29. The molecule has 1 saturated heterocycles. The zero-order chi connectivity index (χ0) is 14.0. The number of hydrogen-bond donors (Lipinski definition) is 1. The summed E-state index contributed by atoms with van der Waals surface area (Å²) in [4.78, 5) is 0. The van der Waals surface area contributed by atoms with Gasteiger partial charge >= 0.3 is 0 Å². The Morgan fingerprint density at radius 2 is 2.05 bits per heavy atom. The van der Waals surface area contributed by atoms with E-state index >= 15 is 0 Å². The molecule has 1 heterocycles. The quantitative estimate of drug-likeness (QED) is 0.897. The molecular formula is C16H21ClFNO. The maximum Gasteiger partial charge on any atom is 0.142 e. The highest BCUT2D eigenvalue weighted by atomic mass is 35.5. The van der Waals surface area contributed by atoms with E-state index in [4.69, 9.17) is 16.3 Å². The van der Waals surface area contributed by atoms with Crippen LogP contribution in [0.5, 0.6) is 0 Å². The molecule has 1 saturated carbocycles. The number of ether oxygens (including phenoxy) is 1. The van der Waals surface area contributed by atoms with E-state index < -0.39 is 0 Å². The fourth-order valence-corrected chi connectivity index (χ4v) is 3.15. The van der Waals surface area contributed by atoms with Crippen molar-refractivity contribution < 1.29 is 9.13 Å². The van der Waals surface area contributed by atoms with Crippen molar-refractivity contribution in [3.8, 4) is 0 Å². The normalized spacial score (nSPS) is 21.9. The van der Waals surface area contributed by atoms with Gasteiger partial charge in [-0.05, 0) is 49.1 Å². The van der Waals surface area contributed by atoms with Gasteiger partial charge in [-0.2, -0.15) is 0 Å². The van der Waals surface area contributed by atoms with Gasteiger partial charge in [0.15, 0.2) is 0 Å². The van der Waals surface area contributed by atoms with Crippen molar-refractivity contribution in [2.24, 2.45) is 5.41 Å². The molecule has 1 N–H and O–H groups in total. The molecule has 0 atom stereocenters. The Morgan fingerprint density at radius 3 is 2.75 bits per heavy atom. The van der Waals surface area contributed by atoms with Crippen LogP contribution in [0.3, 0.4) is 0 Å². The van der Waals surface area contributed by atoms with Crippen LogP contribution in [0.4, 0.5) is 4.39 Å². The molecule has 2 nitrogen and oxygen atoms in total. The topological polar surface area (TPSA) is 21.3 Å². The van der Waals surface area contributed by atoms with Gasteiger partial charge in [-0.25, -0.2) is 4.39 Å². The van der Waals surface area contributed by atoms with E-state index in [-0.39, 0.29) is 16.3 Å². The lowest BCUT2D eigenvalue weighted by atomic mass is 9.75. The summed E-state index contributed by atoms with van der Waals surface area (Å²) in [6, 6.07) is 5.81. The minimum atomic E-state index is -0.318. The molecule has 1 aromatic rings. The summed E-state index contributed by atoms with van der Waals surface area (Å²) < 4.78 is 19.1. The minimum absolute atomic E-state index is 0.151. The van der Waals surface area contributed by atoms with Crippen molar-refractivity contribution in [3.63, 3.8) is 0 Å². The summed E-state index contributed by atoms with van der Waals surface area (Å²) in [5.41, 5.74) is 1.07. The number of hydrogen-bond acceptors (Lipinski definition) is 2. The van der Waals surface area contributed by atoms with Gasteiger partial charge in [-0.3, -0.25) is 0 Å². The Hall–Kier alpha value is -0.640. The molecule has 1 aliphatic heterocycles. The molecule has 1 aliphatic carbocycles. The van der Waals surface area contributed by atoms with Crippen molar-refractivity contribution in [1.29, 1.82) is 0 Å². The first kappa shape index (κ1) is 14.3. The van der Waals surface area contributed by atoms with Crippen LogP contribution >= 0.6 is 11.6 Å². The number of benzene rings is 1. The Bertz CT molecular complexity index is 470. The van der Waals surface area contributed by atoms with E-state index in [9.17, 15) is 4.39 Å². The third kappa shape index (κ3) is 3.33. The van der Waals surface area contributed by atoms with Crippen molar-refractivity contribution in [2.45, 2.75) is 38.1 Å². The lowest BCUT2D eigenvalue weighted by Gasteiger charge is -2.38. The molecule has 0 spiro atoms. The molecule has 0 amide bonds. The molecule has 4 heteroatoms. The zero-order valence-electron chi connectivity index (χ0n) is 11.6. The SMILES string of the molecule is Fc1cccc(CC2(CNC3CC3)CCOCC2)c1Cl. The summed E-state index contributed by atoms with van der Waals surface area (Å²) in [6.45, 7) is 2.56. The molecule has 0 aromatic heterocycles. The highest BCUT2D eigenvalue weighted by Gasteiger charge is 2.35. The second-order valence-electron chi connectivity index (χ2n) is 6.16. The maximum atomic E-state index is 13.6. The Labute approximate surface area is 124 Å². The van der Waals surface area contributed by atoms with Crippen LogP contribution in [-0.2, 0) is 11.2 Å². The molecule has 2 aliphatic rings. The van der Waals surface area contributed by atoms with E-state index in [1.54, 1.807) is 6.07 Å². The molecule has 3 rings (SSSR count). The fraction of sp³-hybridized carbons (Fsp3) is 0.625. The highest BCUT2D eigenvalue weighted by Crippen LogP contribution is 2.37. The predicted octanol–water partition coefficient (Wildman–Crippen LogP) is 3.57. The number of halogens is 2. The van der Waals surface area contributed by atoms with Crippen molar-refractivity contribution in [3.05, 3.63) is 34.6 Å². The summed E-state index contributed by atoms with van der Waals surface area (Å²) in [5.74, 6) is -0.318. The first-order valence-electron chi connectivity index (χ1n) is 7.43. The van der Waals surface area contributed by atoms with E-state index in [2.05, 4.69) is 5.32 Å². The van der Waals surface area contributed by atoms with Crippen LogP contribution in [0.2, 0.25) is 5.02 Å². The van der Waals surface area contributed by atoms with Crippen LogP contribution < -0.4 is 5.32 Å². The second kappa shape index (κ2) is 6.00. The van der Waals surface area contributed by atoms with E-state index in [1.165, 1.54) is 18.9 Å². The van der Waals surface area contributed by atoms with E-state index in [1.807, 2.05) is 6.07 Å². The first-order chi connectivity index (χ1) is 9.69. The van der Waals surface area contributed by atoms with Gasteiger partial charge in [-0.1, -0.05) is 23.7 Å². The van der Waals surface area contributed by atoms with Gasteiger partial charge in [0.25, 0.3) is 0 Å². The average molecular weight is 298 g/mol. The molecule has 1 aromatic carbocycles. The predicted molar refractivity (Wildman–Crippen MR) is 78.6 cm³/mol. The molecular weight excluding hydrogens is 277 g/mol. The summed E-state index contributed by atoms with van der Waals surface area (Å²) in [6.07, 6.45) is 5.42. The second-order valence-corrected chi connectivity index (χ2v) is 6.54. The standard InChI is InChI=1S/C16H21ClFNO/c17-15-12(2-1-3-14(15)18)10-16(6-8-20-9-7-16)11-19-13-4-5-13/h1-3,13,19H,4-11H2. The zero-order valence-corrected chi connectivity index (χ0v) is 12.4. The lowest BCUT2D eigenvalue weighted by Crippen LogP contribution is -2.41. The van der Waals surface area contributed by atoms with Gasteiger partial charge < -0.3 is 10.1 Å². The van der Waals surface area contributed by atoms with Gasteiger partial charge in [-0.15, -0.1) is 0 Å². The van der Waals surface area contributed by atoms with E-state index in [0.717, 1.165) is 44.6 Å². The van der Waals surface area contributed by atoms with Crippen molar-refractivity contribution in [2.75, 3.05) is 19.8 Å². The van der Waals surface area contributed by atoms with Gasteiger partial charge in [0.1, 0.15) is 5.82 Å². The highest BCUT2D eigenvalue weighted by molar-refractivity contribution is 6.31. The number of rotatable bonds is 5. The van der Waals surface area contributed by atoms with Gasteiger partial charge in [0.2, 0.25) is 0 Å². The first-order valence-corrected chi connectivity index (χ1v) is 7.80. The third-order valence-electron chi connectivity index (χ3n) is 4.49. The molecule has 20 heavy (non-hydrogen) atoms. The smallest absolute Gasteiger partial charge is 0.142 e. The van der Waals surface area contributed by atoms with Crippen LogP contribution in [0.15, 0.2) is 18.2 Å². The molecule has 2 fully saturated rings. The molecule has 110 valence electrons. The third-order valence-corrected chi connectivity index (χ3v) is 4.92. The summed E-state index contributed by atoms with van der Waals surface area (Å²) >= 11 is 6.12. The van der Waals surface area contributed by atoms with Crippen LogP contribution in [0.1, 0.15) is 31.2 Å². The monoisotopic (exact) mass is 297 g/mol. The van der Waals surface area contributed by atoms with Gasteiger partial charge in [0, 0.05) is 25.8 Å². The molecule has 0 bridgehead atoms. The van der Waals surface area contributed by atoms with Crippen LogP contribution in [0, 0.1) is 11.2 Å². The van der Waals surface area contributed by atoms with Crippen LogP contribution in [-0.4, -0.2) is 25.8 Å². The average Bonchev–Trinajstić information content (AvgIpc) is 3.27. The minimum Gasteiger partial charge on any atom is -0.381 e. The Balaban J connectivity index is 1.75. The van der Waals surface area contributed by atoms with Gasteiger partial charge in [0.05, 0.1) is 5.02 Å². The largest absolute Gasteiger partial charge is 0.381 e. The molecule has 0 radical (unpaired) electrons. The lowest BCUT2D eigenvalue weighted by molar-refractivity contribution is 0.0147. The van der Waals surface area contributed by atoms with Crippen molar-refractivity contribution in [1.82, 2.24) is 5.32 Å². The molecule has 0 unspecified atom stereocenters.